The first-order valence-electron chi connectivity index (χ1n) is 6.93. The van der Waals surface area contributed by atoms with Crippen LogP contribution in [-0.4, -0.2) is 18.0 Å². The minimum absolute atomic E-state index is 0.525. The van der Waals surface area contributed by atoms with Crippen molar-refractivity contribution in [2.24, 2.45) is 5.10 Å². The SMILES string of the molecule is Cc1ccc(C=NNC(=O)C(=O)Nc2ccc(Cl)cc2C)cc1. The summed E-state index contributed by atoms with van der Waals surface area (Å²) in [6, 6.07) is 12.6. The quantitative estimate of drug-likeness (QED) is 0.516. The molecular weight excluding hydrogens is 314 g/mol. The van der Waals surface area contributed by atoms with Crippen LogP contribution in [0.4, 0.5) is 5.69 Å². The summed E-state index contributed by atoms with van der Waals surface area (Å²) in [6.07, 6.45) is 1.47. The zero-order valence-corrected chi connectivity index (χ0v) is 13.5. The van der Waals surface area contributed by atoms with E-state index in [1.807, 2.05) is 31.2 Å². The van der Waals surface area contributed by atoms with Gasteiger partial charge in [0.05, 0.1) is 6.21 Å². The van der Waals surface area contributed by atoms with Crippen molar-refractivity contribution < 1.29 is 9.59 Å². The largest absolute Gasteiger partial charge is 0.329 e. The van der Waals surface area contributed by atoms with Crippen molar-refractivity contribution >= 4 is 35.3 Å². The molecule has 0 aliphatic heterocycles. The van der Waals surface area contributed by atoms with Gasteiger partial charge >= 0.3 is 11.8 Å². The second kappa shape index (κ2) is 7.56. The number of halogens is 1. The summed E-state index contributed by atoms with van der Waals surface area (Å²) in [6.45, 7) is 3.76. The number of nitrogens with zero attached hydrogens (tertiary/aromatic N) is 1. The molecule has 0 saturated heterocycles. The van der Waals surface area contributed by atoms with Crippen LogP contribution in [0.3, 0.4) is 0 Å². The number of hydrogen-bond acceptors (Lipinski definition) is 3. The Hall–Kier alpha value is -2.66. The van der Waals surface area contributed by atoms with E-state index in [0.717, 1.165) is 16.7 Å². The first-order chi connectivity index (χ1) is 11.0. The van der Waals surface area contributed by atoms with E-state index in [-0.39, 0.29) is 0 Å². The lowest BCUT2D eigenvalue weighted by Crippen LogP contribution is -2.32. The highest BCUT2D eigenvalue weighted by Gasteiger charge is 2.13. The summed E-state index contributed by atoms with van der Waals surface area (Å²) >= 11 is 5.84. The minimum Gasteiger partial charge on any atom is -0.317 e. The lowest BCUT2D eigenvalue weighted by molar-refractivity contribution is -0.136. The van der Waals surface area contributed by atoms with E-state index in [4.69, 9.17) is 11.6 Å². The lowest BCUT2D eigenvalue weighted by Gasteiger charge is -2.07. The first kappa shape index (κ1) is 16.7. The molecule has 0 aliphatic rings. The molecule has 0 unspecified atom stereocenters. The molecule has 2 aromatic carbocycles. The highest BCUT2D eigenvalue weighted by molar-refractivity contribution is 6.39. The Balaban J connectivity index is 1.92. The first-order valence-corrected chi connectivity index (χ1v) is 7.31. The third-order valence-electron chi connectivity index (χ3n) is 3.10. The van der Waals surface area contributed by atoms with Crippen molar-refractivity contribution in [2.45, 2.75) is 13.8 Å². The molecule has 5 nitrogen and oxygen atoms in total. The summed E-state index contributed by atoms with van der Waals surface area (Å²) in [7, 11) is 0. The van der Waals surface area contributed by atoms with E-state index in [0.29, 0.717) is 10.7 Å². The molecule has 0 radical (unpaired) electrons. The van der Waals surface area contributed by atoms with Gasteiger partial charge in [0.1, 0.15) is 0 Å². The second-order valence-electron chi connectivity index (χ2n) is 5.02. The van der Waals surface area contributed by atoms with Crippen LogP contribution in [0.1, 0.15) is 16.7 Å². The van der Waals surface area contributed by atoms with Crippen molar-refractivity contribution in [3.05, 3.63) is 64.2 Å². The normalized spacial score (nSPS) is 10.6. The molecule has 0 aliphatic carbocycles. The Morgan fingerprint density at radius 3 is 2.39 bits per heavy atom. The molecule has 2 rings (SSSR count). The van der Waals surface area contributed by atoms with Crippen LogP contribution in [0, 0.1) is 13.8 Å². The summed E-state index contributed by atoms with van der Waals surface area (Å²) < 4.78 is 0. The molecule has 0 heterocycles. The molecule has 6 heteroatoms. The Kier molecular flexibility index (Phi) is 5.49. The molecule has 23 heavy (non-hydrogen) atoms. The summed E-state index contributed by atoms with van der Waals surface area (Å²) in [5.41, 5.74) is 5.43. The highest BCUT2D eigenvalue weighted by atomic mass is 35.5. The summed E-state index contributed by atoms with van der Waals surface area (Å²) in [4.78, 5) is 23.5. The van der Waals surface area contributed by atoms with Gasteiger partial charge in [0.2, 0.25) is 0 Å². The van der Waals surface area contributed by atoms with Gasteiger partial charge in [-0.3, -0.25) is 9.59 Å². The number of anilines is 1. The second-order valence-corrected chi connectivity index (χ2v) is 5.46. The summed E-state index contributed by atoms with van der Waals surface area (Å²) in [5.74, 6) is -1.64. The maximum absolute atomic E-state index is 11.8. The third-order valence-corrected chi connectivity index (χ3v) is 3.34. The molecule has 0 bridgehead atoms. The fourth-order valence-electron chi connectivity index (χ4n) is 1.82. The van der Waals surface area contributed by atoms with E-state index in [1.165, 1.54) is 6.21 Å². The topological polar surface area (TPSA) is 70.6 Å². The van der Waals surface area contributed by atoms with Crippen LogP contribution in [0.25, 0.3) is 0 Å². The molecule has 2 aromatic rings. The number of rotatable bonds is 3. The van der Waals surface area contributed by atoms with Crippen molar-refractivity contribution in [2.75, 3.05) is 5.32 Å². The molecule has 0 fully saturated rings. The fraction of sp³-hybridized carbons (Fsp3) is 0.118. The molecule has 2 amide bonds. The predicted molar refractivity (Wildman–Crippen MR) is 91.7 cm³/mol. The molecule has 118 valence electrons. The van der Waals surface area contributed by atoms with Crippen molar-refractivity contribution in [1.29, 1.82) is 0 Å². The van der Waals surface area contributed by atoms with Gasteiger partial charge in [-0.05, 0) is 43.2 Å². The number of nitrogens with one attached hydrogen (secondary N) is 2. The Labute approximate surface area is 139 Å². The Bertz CT molecular complexity index is 755. The van der Waals surface area contributed by atoms with Gasteiger partial charge in [0, 0.05) is 10.7 Å². The van der Waals surface area contributed by atoms with Gasteiger partial charge in [0.15, 0.2) is 0 Å². The van der Waals surface area contributed by atoms with Gasteiger partial charge < -0.3 is 5.32 Å². The van der Waals surface area contributed by atoms with Crippen LogP contribution in [0.5, 0.6) is 0 Å². The van der Waals surface area contributed by atoms with Gasteiger partial charge in [-0.15, -0.1) is 0 Å². The van der Waals surface area contributed by atoms with Gasteiger partial charge in [-0.1, -0.05) is 41.4 Å². The average Bonchev–Trinajstić information content (AvgIpc) is 2.51. The van der Waals surface area contributed by atoms with Gasteiger partial charge in [-0.2, -0.15) is 5.10 Å². The van der Waals surface area contributed by atoms with Crippen LogP contribution >= 0.6 is 11.6 Å². The van der Waals surface area contributed by atoms with E-state index in [1.54, 1.807) is 25.1 Å². The number of carbonyl (C=O) groups is 2. The van der Waals surface area contributed by atoms with Crippen LogP contribution in [0.15, 0.2) is 47.6 Å². The standard InChI is InChI=1S/C17H16ClN3O2/c1-11-3-5-13(6-4-11)10-19-21-17(23)16(22)20-15-8-7-14(18)9-12(15)2/h3-10H,1-2H3,(H,20,22)(H,21,23). The smallest absolute Gasteiger partial charge is 0.317 e. The average molecular weight is 330 g/mol. The van der Waals surface area contributed by atoms with E-state index < -0.39 is 11.8 Å². The molecule has 0 spiro atoms. The number of amides is 2. The number of aryl methyl sites for hydroxylation is 2. The number of hydrogen-bond donors (Lipinski definition) is 2. The molecular formula is C17H16ClN3O2. The maximum atomic E-state index is 11.8. The highest BCUT2D eigenvalue weighted by Crippen LogP contribution is 2.19. The monoisotopic (exact) mass is 329 g/mol. The minimum atomic E-state index is -0.845. The van der Waals surface area contributed by atoms with Crippen LogP contribution in [-0.2, 0) is 9.59 Å². The lowest BCUT2D eigenvalue weighted by atomic mass is 10.2. The Morgan fingerprint density at radius 1 is 1.04 bits per heavy atom. The molecule has 2 N–H and O–H groups in total. The summed E-state index contributed by atoms with van der Waals surface area (Å²) in [5, 5.41) is 6.84. The van der Waals surface area contributed by atoms with Crippen molar-refractivity contribution in [3.8, 4) is 0 Å². The predicted octanol–water partition coefficient (Wildman–Crippen LogP) is 3.05. The van der Waals surface area contributed by atoms with Crippen LogP contribution < -0.4 is 10.7 Å². The zero-order chi connectivity index (χ0) is 16.8. The Morgan fingerprint density at radius 2 is 1.74 bits per heavy atom. The number of carbonyl (C=O) groups excluding carboxylic acids is 2. The molecule has 0 aromatic heterocycles. The van der Waals surface area contributed by atoms with Crippen molar-refractivity contribution in [1.82, 2.24) is 5.43 Å². The number of hydrazone groups is 1. The van der Waals surface area contributed by atoms with Crippen molar-refractivity contribution in [3.63, 3.8) is 0 Å². The number of benzene rings is 2. The van der Waals surface area contributed by atoms with E-state index in [9.17, 15) is 9.59 Å². The van der Waals surface area contributed by atoms with Crippen LogP contribution in [0.2, 0.25) is 5.02 Å². The van der Waals surface area contributed by atoms with E-state index >= 15 is 0 Å². The fourth-order valence-corrected chi connectivity index (χ4v) is 2.04. The molecule has 0 atom stereocenters. The molecule has 0 saturated carbocycles. The van der Waals surface area contributed by atoms with Gasteiger partial charge in [0.25, 0.3) is 0 Å². The zero-order valence-electron chi connectivity index (χ0n) is 12.8. The van der Waals surface area contributed by atoms with E-state index in [2.05, 4.69) is 15.8 Å². The maximum Gasteiger partial charge on any atom is 0.329 e. The van der Waals surface area contributed by atoms with Gasteiger partial charge in [-0.25, -0.2) is 5.43 Å². The third kappa shape index (κ3) is 4.93.